The molecule has 11 nitrogen and oxygen atoms in total. The molecule has 11 heteroatoms. The van der Waals surface area contributed by atoms with Crippen molar-refractivity contribution in [2.24, 2.45) is 0 Å². The van der Waals surface area contributed by atoms with Crippen LogP contribution in [0.5, 0.6) is 0 Å². The topological polar surface area (TPSA) is 132 Å². The van der Waals surface area contributed by atoms with Gasteiger partial charge in [-0.1, -0.05) is 267 Å². The van der Waals surface area contributed by atoms with Crippen LogP contribution in [0.1, 0.15) is 22.3 Å². The monoisotopic (exact) mass is 1500 g/mol. The SMILES string of the molecule is O=c1oc2c(-n3c4ccccc4c4c5oc6ccccc6c5ccc43)cccc2c2ccccc12.O=c1oc2c(-n3c4ccccc4c4cc5c(cc43)oc3ccccc35)cccc2c2ccccc12.O=c1oc2c(-n3c4ccccc4c4ccc5c(c43)-c3ccccc3C53c4ccccc4-c4ccccc43)cccc2c2ccccc12. The molecule has 0 aliphatic heterocycles. The maximum Gasteiger partial charge on any atom is 0.344 e. The van der Waals surface area contributed by atoms with Gasteiger partial charge in [0.25, 0.3) is 0 Å². The van der Waals surface area contributed by atoms with Crippen molar-refractivity contribution in [1.29, 1.82) is 0 Å². The Hall–Kier alpha value is -15.9. The molecule has 17 aromatic carbocycles. The molecule has 27 rings (SSSR count). The number of hydrogen-bond acceptors (Lipinski definition) is 8. The van der Waals surface area contributed by atoms with Gasteiger partial charge in [0.1, 0.15) is 22.3 Å². The summed E-state index contributed by atoms with van der Waals surface area (Å²) in [4.78, 5) is 39.3. The molecule has 25 aromatic rings. The highest BCUT2D eigenvalue weighted by Gasteiger charge is 2.52. The number of benzene rings is 17. The highest BCUT2D eigenvalue weighted by Crippen LogP contribution is 2.64. The summed E-state index contributed by atoms with van der Waals surface area (Å²) in [6.07, 6.45) is 0. The van der Waals surface area contributed by atoms with Gasteiger partial charge in [-0.2, -0.15) is 0 Å². The fraction of sp³-hybridized carbons (Fsp3) is 0.00943. The van der Waals surface area contributed by atoms with Crippen LogP contribution < -0.4 is 16.9 Å². The minimum Gasteiger partial charge on any atom is -0.456 e. The van der Waals surface area contributed by atoms with Crippen LogP contribution in [-0.4, -0.2) is 13.7 Å². The van der Waals surface area contributed by atoms with Crippen LogP contribution in [0.4, 0.5) is 0 Å². The molecule has 8 aromatic heterocycles. The molecule has 0 saturated heterocycles. The lowest BCUT2D eigenvalue weighted by Crippen LogP contribution is -2.25. The Morgan fingerprint density at radius 3 is 1.13 bits per heavy atom. The summed E-state index contributed by atoms with van der Waals surface area (Å²) in [5.74, 6) is 0. The highest BCUT2D eigenvalue weighted by atomic mass is 16.4. The summed E-state index contributed by atoms with van der Waals surface area (Å²) in [6, 6.07) is 123. The Bertz CT molecular complexity index is 8710. The van der Waals surface area contributed by atoms with Gasteiger partial charge in [0.15, 0.2) is 16.7 Å². The normalized spacial score (nSPS) is 12.8. The third-order valence-corrected chi connectivity index (χ3v) is 24.7. The first kappa shape index (κ1) is 64.8. The molecule has 546 valence electrons. The van der Waals surface area contributed by atoms with Gasteiger partial charge >= 0.3 is 16.9 Å². The zero-order valence-corrected chi connectivity index (χ0v) is 62.2. The molecule has 0 radical (unpaired) electrons. The predicted molar refractivity (Wildman–Crippen MR) is 474 cm³/mol. The van der Waals surface area contributed by atoms with Crippen molar-refractivity contribution in [2.45, 2.75) is 5.41 Å². The van der Waals surface area contributed by atoms with Gasteiger partial charge in [0.05, 0.1) is 77.1 Å². The molecule has 2 aliphatic rings. The van der Waals surface area contributed by atoms with Crippen LogP contribution in [0, 0.1) is 0 Å². The average Bonchev–Trinajstić information content (AvgIpc) is 1.49. The van der Waals surface area contributed by atoms with Crippen LogP contribution in [0.15, 0.2) is 394 Å². The van der Waals surface area contributed by atoms with Crippen molar-refractivity contribution in [3.8, 4) is 39.3 Å². The number of furan rings is 2. The van der Waals surface area contributed by atoms with Crippen LogP contribution in [-0.2, 0) is 5.41 Å². The van der Waals surface area contributed by atoms with Crippen LogP contribution in [0.2, 0.25) is 0 Å². The van der Waals surface area contributed by atoms with Gasteiger partial charge in [-0.05, 0) is 140 Å². The fourth-order valence-electron chi connectivity index (χ4n) is 20.0. The summed E-state index contributed by atoms with van der Waals surface area (Å²) < 4.78 is 37.5. The Morgan fingerprint density at radius 1 is 0.205 bits per heavy atom. The Kier molecular flexibility index (Phi) is 13.5. The molecule has 0 amide bonds. The Balaban J connectivity index is 0.0000000997. The predicted octanol–water partition coefficient (Wildman–Crippen LogP) is 26.3. The quantitative estimate of drug-likeness (QED) is 0.126. The smallest absolute Gasteiger partial charge is 0.344 e. The van der Waals surface area contributed by atoms with E-state index >= 15 is 0 Å². The lowest BCUT2D eigenvalue weighted by Gasteiger charge is -2.30. The fourth-order valence-corrected chi connectivity index (χ4v) is 20.0. The van der Waals surface area contributed by atoms with Crippen molar-refractivity contribution in [2.75, 3.05) is 0 Å². The zero-order valence-electron chi connectivity index (χ0n) is 62.2. The van der Waals surface area contributed by atoms with Gasteiger partial charge in [-0.15, -0.1) is 0 Å². The van der Waals surface area contributed by atoms with Crippen LogP contribution >= 0.6 is 0 Å². The first-order valence-corrected chi connectivity index (χ1v) is 39.2. The third-order valence-electron chi connectivity index (χ3n) is 24.7. The van der Waals surface area contributed by atoms with E-state index in [-0.39, 0.29) is 16.9 Å². The molecule has 0 unspecified atom stereocenters. The lowest BCUT2D eigenvalue weighted by atomic mass is 9.70. The van der Waals surface area contributed by atoms with E-state index in [0.717, 1.165) is 153 Å². The van der Waals surface area contributed by atoms with E-state index in [1.165, 1.54) is 49.9 Å². The minimum atomic E-state index is -0.448. The average molecular weight is 1500 g/mol. The van der Waals surface area contributed by atoms with Gasteiger partial charge in [0, 0.05) is 76.3 Å². The van der Waals surface area contributed by atoms with Crippen LogP contribution in [0.3, 0.4) is 0 Å². The van der Waals surface area contributed by atoms with Gasteiger partial charge in [-0.3, -0.25) is 0 Å². The summed E-state index contributed by atoms with van der Waals surface area (Å²) in [7, 11) is 0. The first-order chi connectivity index (χ1) is 57.8. The first-order valence-electron chi connectivity index (χ1n) is 39.2. The molecule has 0 saturated carbocycles. The molecule has 2 aliphatic carbocycles. The van der Waals surface area contributed by atoms with Crippen LogP contribution in [0.25, 0.3) is 214 Å². The van der Waals surface area contributed by atoms with E-state index in [4.69, 9.17) is 22.1 Å². The number of fused-ring (bicyclic) bond motifs is 36. The molecule has 0 atom stereocenters. The van der Waals surface area contributed by atoms with Gasteiger partial charge in [0.2, 0.25) is 0 Å². The maximum atomic E-state index is 13.4. The second-order valence-electron chi connectivity index (χ2n) is 30.5. The zero-order chi connectivity index (χ0) is 77.0. The van der Waals surface area contributed by atoms with Gasteiger partial charge in [-0.25, -0.2) is 14.4 Å². The summed E-state index contributed by atoms with van der Waals surface area (Å²) in [6.45, 7) is 0. The van der Waals surface area contributed by atoms with Crippen molar-refractivity contribution in [1.82, 2.24) is 13.7 Å². The van der Waals surface area contributed by atoms with E-state index in [1.54, 1.807) is 0 Å². The number of para-hydroxylation sites is 8. The number of rotatable bonds is 3. The molecule has 0 fully saturated rings. The van der Waals surface area contributed by atoms with E-state index in [9.17, 15) is 14.4 Å². The molecular weight excluding hydrogens is 1440 g/mol. The second kappa shape index (κ2) is 24.3. The Labute approximate surface area is 662 Å². The number of aromatic nitrogens is 3. The van der Waals surface area contributed by atoms with Crippen molar-refractivity contribution >= 4 is 175 Å². The van der Waals surface area contributed by atoms with E-state index in [2.05, 4.69) is 208 Å². The summed E-state index contributed by atoms with van der Waals surface area (Å²) in [5, 5.41) is 18.3. The maximum absolute atomic E-state index is 13.4. The molecule has 8 heterocycles. The van der Waals surface area contributed by atoms with E-state index in [0.29, 0.717) is 32.9 Å². The molecule has 0 bridgehead atoms. The largest absolute Gasteiger partial charge is 0.456 e. The molecule has 0 N–H and O–H groups in total. The third kappa shape index (κ3) is 8.91. The van der Waals surface area contributed by atoms with Crippen molar-refractivity contribution in [3.63, 3.8) is 0 Å². The highest BCUT2D eigenvalue weighted by molar-refractivity contribution is 6.25. The lowest BCUT2D eigenvalue weighted by molar-refractivity contribution is 0.568. The summed E-state index contributed by atoms with van der Waals surface area (Å²) >= 11 is 0. The van der Waals surface area contributed by atoms with Gasteiger partial charge < -0.3 is 35.8 Å². The number of nitrogens with zero attached hydrogens (tertiary/aromatic N) is 3. The molecular formula is C106H59N3O8. The second-order valence-corrected chi connectivity index (χ2v) is 30.5. The summed E-state index contributed by atoms with van der Waals surface area (Å²) in [5.41, 5.74) is 22.8. The van der Waals surface area contributed by atoms with E-state index < -0.39 is 5.41 Å². The molecule has 117 heavy (non-hydrogen) atoms. The molecule has 1 spiro atoms. The minimum absolute atomic E-state index is 0.324. The standard InChI is InChI=1S/C44H25NO2.2C31H17NO3/c46-43-32-16-2-1-12-26(32)31-18-11-23-39(42(31)47-43)45-38-22-10-6-15-29(38)30-24-25-37-40(41(30)45)33-17-5-9-21-36(33)44(37)34-19-7-3-13-27(34)28-14-4-8-20-35(28)44;33-31-22-10-2-1-8-18(22)20-12-7-14-26(29(20)35-31)32-24-13-5-3-11-23(24)28-25(32)17-16-21-19-9-4-6-15-27(19)34-30(21)28;33-31-22-11-2-1-8-18(22)21-12-7-14-26(30(21)35-31)32-25-13-5-3-9-19(25)23-16-24-20-10-4-6-15-28(20)34-29(24)17-27(23)32/h1-25H;2*1-17H. The number of hydrogen-bond donors (Lipinski definition) is 0. The van der Waals surface area contributed by atoms with E-state index in [1.807, 2.05) is 164 Å². The van der Waals surface area contributed by atoms with Crippen molar-refractivity contribution < 1.29 is 22.1 Å². The van der Waals surface area contributed by atoms with Crippen molar-refractivity contribution in [3.05, 3.63) is 411 Å². The Morgan fingerprint density at radius 2 is 0.581 bits per heavy atom.